The minimum Gasteiger partial charge on any atom is -0.389 e. The molecule has 0 amide bonds. The van der Waals surface area contributed by atoms with E-state index in [1.54, 1.807) is 0 Å². The molecular formula is C13H24O3. The second kappa shape index (κ2) is 3.97. The molecule has 0 radical (unpaired) electrons. The molecule has 4 atom stereocenters. The van der Waals surface area contributed by atoms with E-state index in [0.29, 0.717) is 5.92 Å². The Morgan fingerprint density at radius 2 is 2.06 bits per heavy atom. The number of aliphatic hydroxyl groups excluding tert-OH is 1. The summed E-state index contributed by atoms with van der Waals surface area (Å²) < 4.78 is 11.7. The van der Waals surface area contributed by atoms with Crippen molar-refractivity contribution in [1.82, 2.24) is 0 Å². The lowest BCUT2D eigenvalue weighted by atomic mass is 9.86. The number of hydrogen-bond donors (Lipinski definition) is 1. The molecule has 3 nitrogen and oxygen atoms in total. The van der Waals surface area contributed by atoms with Crippen molar-refractivity contribution in [3.63, 3.8) is 0 Å². The molecule has 16 heavy (non-hydrogen) atoms. The van der Waals surface area contributed by atoms with Gasteiger partial charge in [-0.2, -0.15) is 0 Å². The highest BCUT2D eigenvalue weighted by atomic mass is 16.7. The number of aliphatic hydroxyl groups is 1. The van der Waals surface area contributed by atoms with Crippen LogP contribution in [-0.2, 0) is 9.47 Å². The number of fused-ring (bicyclic) bond motifs is 2. The molecule has 94 valence electrons. The first-order valence-corrected chi connectivity index (χ1v) is 6.36. The third-order valence-corrected chi connectivity index (χ3v) is 4.24. The average Bonchev–Trinajstić information content (AvgIpc) is 2.52. The molecule has 1 heterocycles. The maximum absolute atomic E-state index is 10.2. The number of ether oxygens (including phenoxy) is 2. The van der Waals surface area contributed by atoms with Gasteiger partial charge in [-0.3, -0.25) is 0 Å². The second-order valence-corrected chi connectivity index (χ2v) is 6.22. The first-order valence-electron chi connectivity index (χ1n) is 6.36. The van der Waals surface area contributed by atoms with Crippen molar-refractivity contribution in [3.05, 3.63) is 0 Å². The third kappa shape index (κ3) is 1.79. The molecule has 1 aliphatic heterocycles. The van der Waals surface area contributed by atoms with E-state index in [1.165, 1.54) is 0 Å². The molecule has 0 aromatic heterocycles. The molecule has 0 aromatic rings. The fraction of sp³-hybridized carbons (Fsp3) is 1.00. The van der Waals surface area contributed by atoms with E-state index in [4.69, 9.17) is 9.47 Å². The SMILES string of the molecule is CC(C)CCOC1OC2(C)CCC1(C)C2O. The van der Waals surface area contributed by atoms with E-state index in [1.807, 2.05) is 6.92 Å². The number of rotatable bonds is 4. The normalized spacial score (nSPS) is 46.9. The van der Waals surface area contributed by atoms with E-state index in [9.17, 15) is 5.11 Å². The van der Waals surface area contributed by atoms with Crippen molar-refractivity contribution in [2.45, 2.75) is 65.0 Å². The summed E-state index contributed by atoms with van der Waals surface area (Å²) in [6.45, 7) is 9.16. The predicted molar refractivity (Wildman–Crippen MR) is 62.0 cm³/mol. The Balaban J connectivity index is 1.93. The van der Waals surface area contributed by atoms with E-state index < -0.39 is 0 Å². The first kappa shape index (κ1) is 12.3. The zero-order chi connectivity index (χ0) is 12.0. The van der Waals surface area contributed by atoms with Crippen LogP contribution in [-0.4, -0.2) is 29.7 Å². The molecule has 1 saturated heterocycles. The molecule has 1 saturated carbocycles. The van der Waals surface area contributed by atoms with Crippen LogP contribution in [0.1, 0.15) is 47.0 Å². The van der Waals surface area contributed by atoms with Gasteiger partial charge in [0, 0.05) is 5.41 Å². The van der Waals surface area contributed by atoms with Gasteiger partial charge in [-0.1, -0.05) is 20.8 Å². The molecule has 2 aliphatic rings. The van der Waals surface area contributed by atoms with Crippen LogP contribution in [0.4, 0.5) is 0 Å². The van der Waals surface area contributed by atoms with E-state index in [0.717, 1.165) is 25.9 Å². The minimum atomic E-state index is -0.385. The summed E-state index contributed by atoms with van der Waals surface area (Å²) in [6, 6.07) is 0. The summed E-state index contributed by atoms with van der Waals surface area (Å²) in [5.74, 6) is 0.645. The maximum atomic E-state index is 10.2. The van der Waals surface area contributed by atoms with Gasteiger partial charge >= 0.3 is 0 Å². The van der Waals surface area contributed by atoms with Crippen molar-refractivity contribution >= 4 is 0 Å². The molecule has 2 bridgehead atoms. The van der Waals surface area contributed by atoms with Gasteiger partial charge in [-0.15, -0.1) is 0 Å². The Kier molecular flexibility index (Phi) is 3.06. The largest absolute Gasteiger partial charge is 0.389 e. The van der Waals surface area contributed by atoms with Gasteiger partial charge in [0.05, 0.1) is 18.3 Å². The van der Waals surface area contributed by atoms with Crippen LogP contribution in [0.15, 0.2) is 0 Å². The zero-order valence-corrected chi connectivity index (χ0v) is 10.8. The van der Waals surface area contributed by atoms with E-state index in [-0.39, 0.29) is 23.4 Å². The van der Waals surface area contributed by atoms with Crippen LogP contribution in [0.25, 0.3) is 0 Å². The smallest absolute Gasteiger partial charge is 0.166 e. The topological polar surface area (TPSA) is 38.7 Å². The van der Waals surface area contributed by atoms with E-state index >= 15 is 0 Å². The highest BCUT2D eigenvalue weighted by Crippen LogP contribution is 2.56. The number of hydrogen-bond acceptors (Lipinski definition) is 3. The molecule has 2 fully saturated rings. The second-order valence-electron chi connectivity index (χ2n) is 6.22. The van der Waals surface area contributed by atoms with Gasteiger partial charge in [0.1, 0.15) is 0 Å². The molecule has 2 rings (SSSR count). The Hall–Kier alpha value is -0.120. The molecule has 0 aromatic carbocycles. The fourth-order valence-electron chi connectivity index (χ4n) is 2.87. The Morgan fingerprint density at radius 1 is 1.38 bits per heavy atom. The van der Waals surface area contributed by atoms with Gasteiger partial charge in [0.25, 0.3) is 0 Å². The highest BCUT2D eigenvalue weighted by Gasteiger charge is 2.64. The lowest BCUT2D eigenvalue weighted by molar-refractivity contribution is -0.215. The van der Waals surface area contributed by atoms with Crippen molar-refractivity contribution in [1.29, 1.82) is 0 Å². The van der Waals surface area contributed by atoms with Crippen molar-refractivity contribution < 1.29 is 14.6 Å². The fourth-order valence-corrected chi connectivity index (χ4v) is 2.87. The Labute approximate surface area is 98.1 Å². The van der Waals surface area contributed by atoms with Crippen molar-refractivity contribution in [2.75, 3.05) is 6.61 Å². The van der Waals surface area contributed by atoms with Gasteiger partial charge < -0.3 is 14.6 Å². The lowest BCUT2D eigenvalue weighted by Crippen LogP contribution is -2.36. The molecule has 1 N–H and O–H groups in total. The molecule has 4 unspecified atom stereocenters. The lowest BCUT2D eigenvalue weighted by Gasteiger charge is -2.32. The van der Waals surface area contributed by atoms with Gasteiger partial charge in [0.15, 0.2) is 6.29 Å². The maximum Gasteiger partial charge on any atom is 0.166 e. The van der Waals surface area contributed by atoms with Crippen molar-refractivity contribution in [3.8, 4) is 0 Å². The molecular weight excluding hydrogens is 204 g/mol. The zero-order valence-electron chi connectivity index (χ0n) is 10.8. The average molecular weight is 228 g/mol. The highest BCUT2D eigenvalue weighted by molar-refractivity contribution is 5.10. The van der Waals surface area contributed by atoms with Crippen LogP contribution in [0.5, 0.6) is 0 Å². The quantitative estimate of drug-likeness (QED) is 0.802. The summed E-state index contributed by atoms with van der Waals surface area (Å²) in [6.07, 6.45) is 2.37. The summed E-state index contributed by atoms with van der Waals surface area (Å²) in [4.78, 5) is 0. The van der Waals surface area contributed by atoms with E-state index in [2.05, 4.69) is 20.8 Å². The van der Waals surface area contributed by atoms with Crippen LogP contribution < -0.4 is 0 Å². The molecule has 1 aliphatic carbocycles. The summed E-state index contributed by atoms with van der Waals surface area (Å²) in [5, 5.41) is 10.2. The van der Waals surface area contributed by atoms with Crippen LogP contribution >= 0.6 is 0 Å². The van der Waals surface area contributed by atoms with Crippen LogP contribution in [0.2, 0.25) is 0 Å². The van der Waals surface area contributed by atoms with Gasteiger partial charge in [-0.25, -0.2) is 0 Å². The van der Waals surface area contributed by atoms with Crippen molar-refractivity contribution in [2.24, 2.45) is 11.3 Å². The minimum absolute atomic E-state index is 0.203. The standard InChI is InChI=1S/C13H24O3/c1-9(2)5-8-15-11-12(3)6-7-13(4,16-11)10(12)14/h9-11,14H,5-8H2,1-4H3. The summed E-state index contributed by atoms with van der Waals surface area (Å²) in [7, 11) is 0. The predicted octanol–water partition coefficient (Wildman–Crippen LogP) is 2.33. The Bertz CT molecular complexity index is 266. The Morgan fingerprint density at radius 3 is 2.50 bits per heavy atom. The molecule has 0 spiro atoms. The van der Waals surface area contributed by atoms with Crippen LogP contribution in [0, 0.1) is 11.3 Å². The monoisotopic (exact) mass is 228 g/mol. The molecule has 3 heteroatoms. The summed E-state index contributed by atoms with van der Waals surface area (Å²) >= 11 is 0. The van der Waals surface area contributed by atoms with Crippen LogP contribution in [0.3, 0.4) is 0 Å². The van der Waals surface area contributed by atoms with Gasteiger partial charge in [0.2, 0.25) is 0 Å². The van der Waals surface area contributed by atoms with Gasteiger partial charge in [-0.05, 0) is 32.1 Å². The summed E-state index contributed by atoms with van der Waals surface area (Å²) in [5.41, 5.74) is -0.580. The first-order chi connectivity index (χ1) is 7.38. The third-order valence-electron chi connectivity index (χ3n) is 4.24.